The lowest BCUT2D eigenvalue weighted by atomic mass is 9.93. The Bertz CT molecular complexity index is 944. The molecule has 6 heteroatoms. The number of likely N-dealkylation sites (tertiary alicyclic amines) is 1. The Labute approximate surface area is 176 Å². The van der Waals surface area contributed by atoms with Crippen molar-refractivity contribution in [3.63, 3.8) is 0 Å². The van der Waals surface area contributed by atoms with Crippen LogP contribution in [0.25, 0.3) is 0 Å². The zero-order chi connectivity index (χ0) is 20.9. The third kappa shape index (κ3) is 4.32. The topological polar surface area (TPSA) is 59.1 Å². The normalized spacial score (nSPS) is 20.5. The van der Waals surface area contributed by atoms with E-state index in [1.165, 1.54) is 12.7 Å². The highest BCUT2D eigenvalue weighted by Gasteiger charge is 2.32. The average molecular weight is 406 g/mol. The SMILES string of the molecule is COC(=O)c1ccccc1C1CCN(C(=O)N2C=COC(CC3=CC=CCC3)=C2)C1. The van der Waals surface area contributed by atoms with Gasteiger partial charge in [-0.2, -0.15) is 0 Å². The maximum absolute atomic E-state index is 13.1. The number of ether oxygens (including phenoxy) is 2. The van der Waals surface area contributed by atoms with Gasteiger partial charge in [0.2, 0.25) is 0 Å². The number of hydrogen-bond donors (Lipinski definition) is 0. The van der Waals surface area contributed by atoms with E-state index in [1.807, 2.05) is 23.1 Å². The van der Waals surface area contributed by atoms with Gasteiger partial charge in [-0.15, -0.1) is 0 Å². The molecule has 2 heterocycles. The van der Waals surface area contributed by atoms with E-state index in [0.717, 1.165) is 30.6 Å². The molecule has 1 saturated heterocycles. The zero-order valence-corrected chi connectivity index (χ0v) is 17.1. The van der Waals surface area contributed by atoms with Crippen LogP contribution in [-0.4, -0.2) is 42.0 Å². The van der Waals surface area contributed by atoms with Crippen molar-refractivity contribution in [2.75, 3.05) is 20.2 Å². The Morgan fingerprint density at radius 2 is 2.13 bits per heavy atom. The summed E-state index contributed by atoms with van der Waals surface area (Å²) in [5.41, 5.74) is 2.81. The van der Waals surface area contributed by atoms with Gasteiger partial charge in [-0.25, -0.2) is 9.59 Å². The number of methoxy groups -OCH3 is 1. The van der Waals surface area contributed by atoms with Crippen LogP contribution in [0.2, 0.25) is 0 Å². The first-order valence-corrected chi connectivity index (χ1v) is 10.3. The molecule has 0 radical (unpaired) electrons. The van der Waals surface area contributed by atoms with Gasteiger partial charge in [0.15, 0.2) is 0 Å². The molecule has 1 aromatic carbocycles. The second-order valence-electron chi connectivity index (χ2n) is 7.67. The van der Waals surface area contributed by atoms with Gasteiger partial charge < -0.3 is 14.4 Å². The van der Waals surface area contributed by atoms with Gasteiger partial charge in [0.05, 0.1) is 18.9 Å². The van der Waals surface area contributed by atoms with Gasteiger partial charge in [0.1, 0.15) is 12.0 Å². The van der Waals surface area contributed by atoms with Crippen molar-refractivity contribution >= 4 is 12.0 Å². The van der Waals surface area contributed by atoms with Crippen LogP contribution in [0.1, 0.15) is 47.5 Å². The fraction of sp³-hybridized carbons (Fsp3) is 0.333. The first-order chi connectivity index (χ1) is 14.7. The number of hydrogen-bond acceptors (Lipinski definition) is 4. The van der Waals surface area contributed by atoms with Gasteiger partial charge in [-0.05, 0) is 30.9 Å². The molecule has 1 unspecified atom stereocenters. The smallest absolute Gasteiger partial charge is 0.338 e. The fourth-order valence-corrected chi connectivity index (χ4v) is 4.14. The van der Waals surface area contributed by atoms with Crippen LogP contribution in [0.5, 0.6) is 0 Å². The summed E-state index contributed by atoms with van der Waals surface area (Å²) in [6.45, 7) is 1.21. The van der Waals surface area contributed by atoms with Crippen molar-refractivity contribution in [2.24, 2.45) is 0 Å². The zero-order valence-electron chi connectivity index (χ0n) is 17.1. The first-order valence-electron chi connectivity index (χ1n) is 10.3. The van der Waals surface area contributed by atoms with Crippen LogP contribution in [0.4, 0.5) is 4.79 Å². The van der Waals surface area contributed by atoms with Gasteiger partial charge in [-0.3, -0.25) is 4.90 Å². The van der Waals surface area contributed by atoms with Crippen molar-refractivity contribution in [1.82, 2.24) is 9.80 Å². The fourth-order valence-electron chi connectivity index (χ4n) is 4.14. The van der Waals surface area contributed by atoms with E-state index in [0.29, 0.717) is 25.1 Å². The highest BCUT2D eigenvalue weighted by atomic mass is 16.5. The number of allylic oxidation sites excluding steroid dienone is 4. The van der Waals surface area contributed by atoms with E-state index in [-0.39, 0.29) is 17.9 Å². The van der Waals surface area contributed by atoms with Crippen molar-refractivity contribution in [1.29, 1.82) is 0 Å². The van der Waals surface area contributed by atoms with E-state index in [4.69, 9.17) is 9.47 Å². The van der Waals surface area contributed by atoms with Gasteiger partial charge in [-0.1, -0.05) is 42.0 Å². The predicted molar refractivity (Wildman–Crippen MR) is 113 cm³/mol. The molecule has 3 aliphatic rings. The van der Waals surface area contributed by atoms with E-state index < -0.39 is 0 Å². The largest absolute Gasteiger partial charge is 0.466 e. The van der Waals surface area contributed by atoms with Crippen LogP contribution in [0.3, 0.4) is 0 Å². The maximum atomic E-state index is 13.1. The lowest BCUT2D eigenvalue weighted by Crippen LogP contribution is -2.37. The highest BCUT2D eigenvalue weighted by Crippen LogP contribution is 2.31. The Balaban J connectivity index is 1.43. The molecule has 1 aliphatic carbocycles. The van der Waals surface area contributed by atoms with E-state index >= 15 is 0 Å². The molecule has 0 spiro atoms. The molecule has 0 bridgehead atoms. The number of benzene rings is 1. The number of nitrogens with zero attached hydrogens (tertiary/aromatic N) is 2. The summed E-state index contributed by atoms with van der Waals surface area (Å²) in [4.78, 5) is 28.6. The average Bonchev–Trinajstić information content (AvgIpc) is 3.29. The van der Waals surface area contributed by atoms with Crippen LogP contribution in [0, 0.1) is 0 Å². The second-order valence-corrected chi connectivity index (χ2v) is 7.67. The molecule has 1 atom stereocenters. The van der Waals surface area contributed by atoms with Crippen LogP contribution < -0.4 is 0 Å². The van der Waals surface area contributed by atoms with Gasteiger partial charge >= 0.3 is 12.0 Å². The molecule has 2 amide bonds. The maximum Gasteiger partial charge on any atom is 0.338 e. The van der Waals surface area contributed by atoms with Crippen molar-refractivity contribution in [3.05, 3.63) is 83.6 Å². The summed E-state index contributed by atoms with van der Waals surface area (Å²) in [6, 6.07) is 7.39. The molecule has 30 heavy (non-hydrogen) atoms. The van der Waals surface area contributed by atoms with Crippen molar-refractivity contribution in [2.45, 2.75) is 31.6 Å². The molecular formula is C24H26N2O4. The molecule has 1 fully saturated rings. The Hall–Kier alpha value is -3.28. The van der Waals surface area contributed by atoms with E-state index in [2.05, 4.69) is 18.2 Å². The summed E-state index contributed by atoms with van der Waals surface area (Å²) in [6.07, 6.45) is 14.9. The Morgan fingerprint density at radius 3 is 2.93 bits per heavy atom. The van der Waals surface area contributed by atoms with Gasteiger partial charge in [0.25, 0.3) is 0 Å². The summed E-state index contributed by atoms with van der Waals surface area (Å²) in [7, 11) is 1.39. The summed E-state index contributed by atoms with van der Waals surface area (Å²) < 4.78 is 10.5. The number of urea groups is 1. The molecule has 1 aromatic rings. The minimum absolute atomic E-state index is 0.0809. The molecule has 6 nitrogen and oxygen atoms in total. The van der Waals surface area contributed by atoms with E-state index in [1.54, 1.807) is 29.6 Å². The molecule has 156 valence electrons. The predicted octanol–water partition coefficient (Wildman–Crippen LogP) is 4.69. The van der Waals surface area contributed by atoms with Crippen LogP contribution in [-0.2, 0) is 9.47 Å². The molecule has 0 N–H and O–H groups in total. The van der Waals surface area contributed by atoms with Crippen molar-refractivity contribution < 1.29 is 19.1 Å². The summed E-state index contributed by atoms with van der Waals surface area (Å²) >= 11 is 0. The number of carbonyl (C=O) groups is 2. The van der Waals surface area contributed by atoms with Crippen LogP contribution in [0.15, 0.2) is 72.5 Å². The summed E-state index contributed by atoms with van der Waals surface area (Å²) in [5, 5.41) is 0. The van der Waals surface area contributed by atoms with Gasteiger partial charge in [0, 0.05) is 31.6 Å². The number of esters is 1. The lowest BCUT2D eigenvalue weighted by molar-refractivity contribution is 0.0599. The molecule has 0 saturated carbocycles. The summed E-state index contributed by atoms with van der Waals surface area (Å²) in [5.74, 6) is 0.530. The molecule has 4 rings (SSSR count). The highest BCUT2D eigenvalue weighted by molar-refractivity contribution is 5.91. The number of rotatable bonds is 4. The Kier molecular flexibility index (Phi) is 6.02. The molecule has 0 aromatic heterocycles. The number of amides is 2. The lowest BCUT2D eigenvalue weighted by Gasteiger charge is -2.26. The molecular weight excluding hydrogens is 380 g/mol. The van der Waals surface area contributed by atoms with E-state index in [9.17, 15) is 9.59 Å². The van der Waals surface area contributed by atoms with Crippen LogP contribution >= 0.6 is 0 Å². The second kappa shape index (κ2) is 9.03. The third-order valence-corrected chi connectivity index (χ3v) is 5.71. The quantitative estimate of drug-likeness (QED) is 0.681. The minimum Gasteiger partial charge on any atom is -0.466 e. The molecule has 2 aliphatic heterocycles. The standard InChI is InChI=1S/C24H26N2O4/c1-29-23(27)22-10-6-5-9-21(22)19-11-12-25(16-19)24(28)26-13-14-30-20(17-26)15-18-7-3-2-4-8-18/h2-3,5-7,9-10,13-14,17,19H,4,8,11-12,15-16H2,1H3. The number of carbonyl (C=O) groups excluding carboxylic acids is 2. The van der Waals surface area contributed by atoms with Crippen molar-refractivity contribution in [3.8, 4) is 0 Å². The first kappa shape index (κ1) is 20.0. The monoisotopic (exact) mass is 406 g/mol. The minimum atomic E-state index is -0.342. The Morgan fingerprint density at radius 1 is 1.27 bits per heavy atom. The third-order valence-electron chi connectivity index (χ3n) is 5.71.